The summed E-state index contributed by atoms with van der Waals surface area (Å²) in [7, 11) is 4.10. The monoisotopic (exact) mass is 504 g/mol. The van der Waals surface area contributed by atoms with Crippen LogP contribution in [0.25, 0.3) is 6.08 Å². The van der Waals surface area contributed by atoms with E-state index in [4.69, 9.17) is 19.3 Å². The Morgan fingerprint density at radius 3 is 2.03 bits per heavy atom. The van der Waals surface area contributed by atoms with Crippen molar-refractivity contribution in [3.63, 3.8) is 0 Å². The number of carboxylic acids is 2. The summed E-state index contributed by atoms with van der Waals surface area (Å²) in [5.74, 6) is -4.42. The number of ether oxygens (including phenoxy) is 3. The molecule has 36 heavy (non-hydrogen) atoms. The Bertz CT molecular complexity index is 1140. The molecule has 2 amide bonds. The molecule has 2 aromatic carbocycles. The lowest BCUT2D eigenvalue weighted by Crippen LogP contribution is -2.44. The third-order valence-corrected chi connectivity index (χ3v) is 4.85. The third-order valence-electron chi connectivity index (χ3n) is 4.85. The van der Waals surface area contributed by atoms with Crippen LogP contribution in [0.2, 0.25) is 0 Å². The van der Waals surface area contributed by atoms with Crippen LogP contribution in [0, 0.1) is 5.82 Å². The molecular weight excluding hydrogens is 479 g/mol. The van der Waals surface area contributed by atoms with Gasteiger partial charge >= 0.3 is 11.9 Å². The maximum Gasteiger partial charge on any atom is 0.326 e. The molecule has 0 heterocycles. The van der Waals surface area contributed by atoms with Gasteiger partial charge in [-0.3, -0.25) is 14.4 Å². The molecule has 0 saturated carbocycles. The van der Waals surface area contributed by atoms with Crippen molar-refractivity contribution in [1.29, 1.82) is 0 Å². The summed E-state index contributed by atoms with van der Waals surface area (Å²) in [6.45, 7) is 0. The van der Waals surface area contributed by atoms with Crippen molar-refractivity contribution < 1.29 is 48.0 Å². The third kappa shape index (κ3) is 7.45. The molecule has 192 valence electrons. The van der Waals surface area contributed by atoms with Crippen LogP contribution in [-0.2, 0) is 14.4 Å². The Morgan fingerprint density at radius 2 is 1.56 bits per heavy atom. The van der Waals surface area contributed by atoms with Crippen molar-refractivity contribution in [3.8, 4) is 17.2 Å². The van der Waals surface area contributed by atoms with Crippen molar-refractivity contribution in [1.82, 2.24) is 10.6 Å². The number of hydrogen-bond donors (Lipinski definition) is 4. The van der Waals surface area contributed by atoms with Gasteiger partial charge in [0.05, 0.1) is 21.3 Å². The molecule has 0 aliphatic heterocycles. The number of halogens is 1. The summed E-state index contributed by atoms with van der Waals surface area (Å²) in [5.41, 5.74) is -0.0333. The topological polar surface area (TPSA) is 160 Å². The van der Waals surface area contributed by atoms with Crippen LogP contribution in [0.3, 0.4) is 0 Å². The number of carbonyl (C=O) groups is 4. The highest BCUT2D eigenvalue weighted by molar-refractivity contribution is 6.06. The summed E-state index contributed by atoms with van der Waals surface area (Å²) >= 11 is 0. The minimum atomic E-state index is -1.54. The van der Waals surface area contributed by atoms with Gasteiger partial charge in [-0.05, 0) is 42.3 Å². The summed E-state index contributed by atoms with van der Waals surface area (Å²) in [4.78, 5) is 48.3. The molecule has 2 rings (SSSR count). The van der Waals surface area contributed by atoms with Crippen LogP contribution in [0.1, 0.15) is 28.8 Å². The predicted molar refractivity (Wildman–Crippen MR) is 124 cm³/mol. The van der Waals surface area contributed by atoms with Gasteiger partial charge in [0.2, 0.25) is 5.75 Å². The van der Waals surface area contributed by atoms with Crippen LogP contribution in [-0.4, -0.2) is 61.3 Å². The molecule has 11 nitrogen and oxygen atoms in total. The smallest absolute Gasteiger partial charge is 0.326 e. The molecule has 1 atom stereocenters. The molecule has 0 fully saturated rings. The molecule has 0 saturated heterocycles. The number of carbonyl (C=O) groups excluding carboxylic acids is 2. The number of amides is 2. The number of aliphatic carboxylic acids is 2. The Balaban J connectivity index is 2.42. The van der Waals surface area contributed by atoms with Gasteiger partial charge in [-0.2, -0.15) is 0 Å². The maximum atomic E-state index is 13.3. The summed E-state index contributed by atoms with van der Waals surface area (Å²) in [5, 5.41) is 22.8. The van der Waals surface area contributed by atoms with E-state index in [0.29, 0.717) is 5.56 Å². The van der Waals surface area contributed by atoms with Crippen LogP contribution in [0.5, 0.6) is 17.2 Å². The first-order chi connectivity index (χ1) is 17.1. The highest BCUT2D eigenvalue weighted by atomic mass is 19.1. The largest absolute Gasteiger partial charge is 0.493 e. The lowest BCUT2D eigenvalue weighted by Gasteiger charge is -2.17. The molecule has 0 aliphatic carbocycles. The first-order valence-corrected chi connectivity index (χ1v) is 10.4. The Kier molecular flexibility index (Phi) is 9.78. The summed E-state index contributed by atoms with van der Waals surface area (Å²) in [6, 6.07) is 6.10. The quantitative estimate of drug-likeness (QED) is 0.317. The second-order valence-corrected chi connectivity index (χ2v) is 7.27. The molecule has 0 spiro atoms. The van der Waals surface area contributed by atoms with Gasteiger partial charge in [-0.1, -0.05) is 12.1 Å². The van der Waals surface area contributed by atoms with Crippen LogP contribution in [0.4, 0.5) is 4.39 Å². The van der Waals surface area contributed by atoms with Gasteiger partial charge in [-0.25, -0.2) is 9.18 Å². The number of benzene rings is 2. The molecular formula is C24H25FN2O9. The predicted octanol–water partition coefficient (Wildman–Crippen LogP) is 2.06. The van der Waals surface area contributed by atoms with Gasteiger partial charge in [-0.15, -0.1) is 0 Å². The molecule has 0 aliphatic rings. The molecule has 0 radical (unpaired) electrons. The number of nitrogens with one attached hydrogen (secondary N) is 2. The second kappa shape index (κ2) is 12.7. The SMILES string of the molecule is COc1cc(C(=O)N/C(=C/c2ccc(F)cc2)C(=O)NC(CCC(=O)O)C(=O)O)cc(OC)c1OC. The van der Waals surface area contributed by atoms with E-state index in [1.54, 1.807) is 0 Å². The van der Waals surface area contributed by atoms with Gasteiger partial charge in [0.1, 0.15) is 17.6 Å². The molecule has 0 aromatic heterocycles. The van der Waals surface area contributed by atoms with E-state index in [0.717, 1.165) is 12.1 Å². The van der Waals surface area contributed by atoms with Crippen LogP contribution < -0.4 is 24.8 Å². The standard InChI is InChI=1S/C24H25FN2O9/c1-34-18-11-14(12-19(35-2)21(18)36-3)22(30)27-17(10-13-4-6-15(25)7-5-13)23(31)26-16(24(32)33)8-9-20(28)29/h4-7,10-12,16H,8-9H2,1-3H3,(H,26,31)(H,27,30)(H,28,29)(H,32,33)/b17-10+. The zero-order valence-corrected chi connectivity index (χ0v) is 19.7. The highest BCUT2D eigenvalue weighted by Gasteiger charge is 2.25. The van der Waals surface area contributed by atoms with Crippen LogP contribution >= 0.6 is 0 Å². The zero-order valence-electron chi connectivity index (χ0n) is 19.7. The highest BCUT2D eigenvalue weighted by Crippen LogP contribution is 2.38. The van der Waals surface area contributed by atoms with Crippen molar-refractivity contribution in [3.05, 3.63) is 59.0 Å². The second-order valence-electron chi connectivity index (χ2n) is 7.27. The molecule has 12 heteroatoms. The molecule has 0 bridgehead atoms. The van der Waals surface area contributed by atoms with Crippen LogP contribution in [0.15, 0.2) is 42.1 Å². The van der Waals surface area contributed by atoms with E-state index in [-0.39, 0.29) is 34.9 Å². The van der Waals surface area contributed by atoms with Gasteiger partial charge < -0.3 is 35.1 Å². The minimum Gasteiger partial charge on any atom is -0.493 e. The fraction of sp³-hybridized carbons (Fsp3) is 0.250. The van der Waals surface area contributed by atoms with Crippen molar-refractivity contribution in [2.45, 2.75) is 18.9 Å². The zero-order chi connectivity index (χ0) is 26.8. The van der Waals surface area contributed by atoms with E-state index in [2.05, 4.69) is 10.6 Å². The number of rotatable bonds is 12. The fourth-order valence-corrected chi connectivity index (χ4v) is 3.05. The van der Waals surface area contributed by atoms with E-state index in [1.807, 2.05) is 0 Å². The van der Waals surface area contributed by atoms with Crippen molar-refractivity contribution in [2.24, 2.45) is 0 Å². The first-order valence-electron chi connectivity index (χ1n) is 10.4. The van der Waals surface area contributed by atoms with Crippen molar-refractivity contribution in [2.75, 3.05) is 21.3 Å². The maximum absolute atomic E-state index is 13.3. The minimum absolute atomic E-state index is 0.0166. The normalized spacial score (nSPS) is 11.7. The Labute approximate surface area is 205 Å². The van der Waals surface area contributed by atoms with Crippen molar-refractivity contribution >= 4 is 29.8 Å². The number of carboxylic acid groups (broad SMARTS) is 2. The number of methoxy groups -OCH3 is 3. The number of hydrogen-bond acceptors (Lipinski definition) is 7. The fourth-order valence-electron chi connectivity index (χ4n) is 3.05. The van der Waals surface area contributed by atoms with E-state index in [9.17, 15) is 28.7 Å². The molecule has 4 N–H and O–H groups in total. The molecule has 1 unspecified atom stereocenters. The average molecular weight is 504 g/mol. The average Bonchev–Trinajstić information content (AvgIpc) is 2.85. The van der Waals surface area contributed by atoms with E-state index < -0.39 is 42.0 Å². The molecule has 2 aromatic rings. The Morgan fingerprint density at radius 1 is 0.972 bits per heavy atom. The van der Waals surface area contributed by atoms with Gasteiger partial charge in [0.25, 0.3) is 11.8 Å². The Hall–Kier alpha value is -4.61. The van der Waals surface area contributed by atoms with E-state index >= 15 is 0 Å². The lowest BCUT2D eigenvalue weighted by atomic mass is 10.1. The first kappa shape index (κ1) is 27.6. The van der Waals surface area contributed by atoms with E-state index in [1.165, 1.54) is 51.7 Å². The summed E-state index contributed by atoms with van der Waals surface area (Å²) in [6.07, 6.45) is 0.313. The van der Waals surface area contributed by atoms with Gasteiger partial charge in [0, 0.05) is 12.0 Å². The summed E-state index contributed by atoms with van der Waals surface area (Å²) < 4.78 is 29.0. The lowest BCUT2D eigenvalue weighted by molar-refractivity contribution is -0.142. The van der Waals surface area contributed by atoms with Gasteiger partial charge in [0.15, 0.2) is 11.5 Å².